The first kappa shape index (κ1) is 48.4. The second-order valence-corrected chi connectivity index (χ2v) is 13.7. The maximum absolute atomic E-state index is 12.5. The quantitative estimate of drug-likeness (QED) is 0.0248. The highest BCUT2D eigenvalue weighted by Gasteiger charge is 2.27. The molecule has 0 aliphatic rings. The number of phosphoric acid groups is 1. The lowest BCUT2D eigenvalue weighted by molar-refractivity contribution is -0.154. The molecule has 0 amide bonds. The Bertz CT molecular complexity index is 1080. The van der Waals surface area contributed by atoms with Crippen LogP contribution in [-0.4, -0.2) is 60.5 Å². The summed E-state index contributed by atoms with van der Waals surface area (Å²) in [5.74, 6) is -1.82. The third kappa shape index (κ3) is 35.6. The van der Waals surface area contributed by atoms with Crippen molar-refractivity contribution in [3.63, 3.8) is 0 Å². The molecule has 0 bridgehead atoms. The molecule has 0 aliphatic carbocycles. The van der Waals surface area contributed by atoms with Gasteiger partial charge in [0.15, 0.2) is 0 Å². The minimum Gasteiger partial charge on any atom is -0.480 e. The molecule has 3 unspecified atom stereocenters. The number of nitrogens with two attached hydrogens (primary N) is 1. The molecule has 51 heavy (non-hydrogen) atoms. The van der Waals surface area contributed by atoms with E-state index >= 15 is 0 Å². The molecule has 0 heterocycles. The normalized spacial score (nSPS) is 14.9. The van der Waals surface area contributed by atoms with Gasteiger partial charge in [-0.25, -0.2) is 4.57 Å². The number of carbonyl (C=O) groups excluding carboxylic acids is 1. The summed E-state index contributed by atoms with van der Waals surface area (Å²) in [4.78, 5) is 33.4. The lowest BCUT2D eigenvalue weighted by Crippen LogP contribution is -2.34. The Hall–Kier alpha value is -2.59. The highest BCUT2D eigenvalue weighted by Crippen LogP contribution is 2.43. The smallest absolute Gasteiger partial charge is 0.472 e. The number of unbranched alkanes of at least 4 members (excludes halogenated alkanes) is 9. The van der Waals surface area contributed by atoms with Crippen molar-refractivity contribution in [2.24, 2.45) is 5.73 Å². The molecule has 11 heteroatoms. The number of hydrogen-bond acceptors (Lipinski definition) is 8. The van der Waals surface area contributed by atoms with Crippen molar-refractivity contribution in [2.45, 2.75) is 142 Å². The van der Waals surface area contributed by atoms with Gasteiger partial charge in [-0.1, -0.05) is 119 Å². The van der Waals surface area contributed by atoms with E-state index in [4.69, 9.17) is 24.8 Å². The van der Waals surface area contributed by atoms with E-state index in [9.17, 15) is 19.0 Å². The average Bonchev–Trinajstić information content (AvgIpc) is 3.10. The second-order valence-electron chi connectivity index (χ2n) is 12.3. The van der Waals surface area contributed by atoms with Crippen molar-refractivity contribution < 1.29 is 42.7 Å². The molecule has 0 aromatic rings. The van der Waals surface area contributed by atoms with E-state index in [2.05, 4.69) is 91.3 Å². The molecule has 0 rings (SSSR count). The molecule has 292 valence electrons. The summed E-state index contributed by atoms with van der Waals surface area (Å²) in [6.07, 6.45) is 42.5. The molecular formula is C40H68NO9P. The zero-order chi connectivity index (χ0) is 37.7. The topological polar surface area (TPSA) is 155 Å². The zero-order valence-electron chi connectivity index (χ0n) is 31.4. The number of rotatable bonds is 35. The average molecular weight is 738 g/mol. The molecule has 0 radical (unpaired) electrons. The first-order chi connectivity index (χ1) is 24.7. The molecule has 4 N–H and O–H groups in total. The highest BCUT2D eigenvalue weighted by atomic mass is 31.2. The minimum absolute atomic E-state index is 0.00846. The molecule has 3 atom stereocenters. The number of carboxylic acid groups (broad SMARTS) is 1. The van der Waals surface area contributed by atoms with Crippen LogP contribution < -0.4 is 5.73 Å². The van der Waals surface area contributed by atoms with Crippen LogP contribution in [0.25, 0.3) is 0 Å². The lowest BCUT2D eigenvalue weighted by atomic mass is 10.1. The van der Waals surface area contributed by atoms with Gasteiger partial charge in [-0.2, -0.15) is 0 Å². The number of aliphatic carboxylic acids is 1. The van der Waals surface area contributed by atoms with E-state index in [1.807, 2.05) is 0 Å². The van der Waals surface area contributed by atoms with Gasteiger partial charge in [0.25, 0.3) is 0 Å². The van der Waals surface area contributed by atoms with Gasteiger partial charge < -0.3 is 25.2 Å². The molecule has 10 nitrogen and oxygen atoms in total. The van der Waals surface area contributed by atoms with Gasteiger partial charge in [0.05, 0.1) is 19.8 Å². The number of hydrogen-bond donors (Lipinski definition) is 3. The summed E-state index contributed by atoms with van der Waals surface area (Å²) in [7, 11) is -4.63. The Morgan fingerprint density at radius 3 is 1.61 bits per heavy atom. The fourth-order valence-electron chi connectivity index (χ4n) is 4.57. The second kappa shape index (κ2) is 35.8. The van der Waals surface area contributed by atoms with Crippen molar-refractivity contribution in [3.8, 4) is 0 Å². The van der Waals surface area contributed by atoms with Crippen LogP contribution in [0.1, 0.15) is 129 Å². The van der Waals surface area contributed by atoms with Crippen LogP contribution in [0.4, 0.5) is 0 Å². The molecule has 0 aromatic heterocycles. The van der Waals surface area contributed by atoms with E-state index in [1.54, 1.807) is 0 Å². The standard InChI is InChI=1S/C40H68NO9P/c1-3-5-7-9-11-13-15-17-18-19-21-23-25-27-29-31-33-47-34-37(35-48-51(45,46)49-36-38(41)40(43)44)50-39(42)32-30-28-26-24-22-20-16-14-12-10-8-6-4-2/h5-8,11-14,17-18,20,22,37-38H,3-4,9-10,15-16,19,21,23-36,41H2,1-2H3,(H,43,44)(H,45,46)/b7-5-,8-6-,13-11-,14-12-,18-17-,22-20-. The number of esters is 1. The number of allylic oxidation sites excluding steroid dienone is 12. The third-order valence-corrected chi connectivity index (χ3v) is 8.43. The SMILES string of the molecule is CC/C=C\C/C=C\C/C=C\CCCCCCCCOCC(COP(=O)(O)OCC(N)C(=O)O)OC(=O)CCCCC/C=C\C/C=C\C/C=C\CC. The summed E-state index contributed by atoms with van der Waals surface area (Å²) in [5.41, 5.74) is 5.33. The van der Waals surface area contributed by atoms with Crippen molar-refractivity contribution in [1.29, 1.82) is 0 Å². The Balaban J connectivity index is 4.39. The van der Waals surface area contributed by atoms with Crippen molar-refractivity contribution in [2.75, 3.05) is 26.4 Å². The molecule has 0 aliphatic heterocycles. The summed E-state index contributed by atoms with van der Waals surface area (Å²) in [6.45, 7) is 3.55. The maximum atomic E-state index is 12.5. The Morgan fingerprint density at radius 1 is 0.627 bits per heavy atom. The summed E-state index contributed by atoms with van der Waals surface area (Å²) >= 11 is 0. The summed E-state index contributed by atoms with van der Waals surface area (Å²) in [5, 5.41) is 8.86. The van der Waals surface area contributed by atoms with Crippen molar-refractivity contribution in [1.82, 2.24) is 0 Å². The number of carboxylic acids is 1. The van der Waals surface area contributed by atoms with E-state index in [1.165, 1.54) is 12.8 Å². The van der Waals surface area contributed by atoms with Gasteiger partial charge in [0.2, 0.25) is 0 Å². The van der Waals surface area contributed by atoms with Crippen LogP contribution in [0.3, 0.4) is 0 Å². The predicted molar refractivity (Wildman–Crippen MR) is 207 cm³/mol. The van der Waals surface area contributed by atoms with Gasteiger partial charge in [-0.3, -0.25) is 18.6 Å². The van der Waals surface area contributed by atoms with E-state index < -0.39 is 45.1 Å². The minimum atomic E-state index is -4.63. The Morgan fingerprint density at radius 2 is 1.08 bits per heavy atom. The predicted octanol–water partition coefficient (Wildman–Crippen LogP) is 9.86. The molecular weight excluding hydrogens is 669 g/mol. The number of carbonyl (C=O) groups is 2. The molecule has 0 fully saturated rings. The Kier molecular flexibility index (Phi) is 34.0. The van der Waals surface area contributed by atoms with Gasteiger partial charge in [-0.05, 0) is 77.0 Å². The lowest BCUT2D eigenvalue weighted by Gasteiger charge is -2.20. The van der Waals surface area contributed by atoms with E-state index in [0.29, 0.717) is 13.0 Å². The fourth-order valence-corrected chi connectivity index (χ4v) is 5.35. The molecule has 0 saturated carbocycles. The van der Waals surface area contributed by atoms with Crippen LogP contribution in [0.15, 0.2) is 72.9 Å². The van der Waals surface area contributed by atoms with Crippen LogP contribution in [0.5, 0.6) is 0 Å². The zero-order valence-corrected chi connectivity index (χ0v) is 32.3. The summed E-state index contributed by atoms with van der Waals surface area (Å²) < 4.78 is 33.2. The molecule has 0 saturated heterocycles. The highest BCUT2D eigenvalue weighted by molar-refractivity contribution is 7.47. The Labute approximate surface area is 308 Å². The molecule has 0 aromatic carbocycles. The maximum Gasteiger partial charge on any atom is 0.472 e. The van der Waals surface area contributed by atoms with Gasteiger partial charge in [-0.15, -0.1) is 0 Å². The molecule has 0 spiro atoms. The number of phosphoric ester groups is 1. The third-order valence-electron chi connectivity index (χ3n) is 7.48. The monoisotopic (exact) mass is 737 g/mol. The van der Waals surface area contributed by atoms with Crippen LogP contribution in [-0.2, 0) is 32.7 Å². The van der Waals surface area contributed by atoms with Crippen LogP contribution in [0.2, 0.25) is 0 Å². The van der Waals surface area contributed by atoms with E-state index in [-0.39, 0.29) is 13.0 Å². The van der Waals surface area contributed by atoms with Gasteiger partial charge >= 0.3 is 19.8 Å². The fraction of sp³-hybridized carbons (Fsp3) is 0.650. The number of ether oxygens (including phenoxy) is 2. The largest absolute Gasteiger partial charge is 0.480 e. The first-order valence-corrected chi connectivity index (χ1v) is 20.5. The summed E-state index contributed by atoms with van der Waals surface area (Å²) in [6, 6.07) is -1.48. The first-order valence-electron chi connectivity index (χ1n) is 19.0. The van der Waals surface area contributed by atoms with Crippen molar-refractivity contribution in [3.05, 3.63) is 72.9 Å². The van der Waals surface area contributed by atoms with Crippen molar-refractivity contribution >= 4 is 19.8 Å². The van der Waals surface area contributed by atoms with Gasteiger partial charge in [0.1, 0.15) is 12.1 Å². The van der Waals surface area contributed by atoms with Crippen LogP contribution >= 0.6 is 7.82 Å². The van der Waals surface area contributed by atoms with Crippen LogP contribution in [0, 0.1) is 0 Å². The van der Waals surface area contributed by atoms with E-state index in [0.717, 1.165) is 89.9 Å². The van der Waals surface area contributed by atoms with Gasteiger partial charge in [0, 0.05) is 13.0 Å².